The molecule has 86 valence electrons. The van der Waals surface area contributed by atoms with Crippen molar-refractivity contribution in [1.29, 1.82) is 0 Å². The number of allylic oxidation sites excluding steroid dienone is 2. The van der Waals surface area contributed by atoms with E-state index in [0.29, 0.717) is 11.2 Å². The zero-order valence-electron chi connectivity index (χ0n) is 9.14. The van der Waals surface area contributed by atoms with Gasteiger partial charge in [-0.3, -0.25) is 0 Å². The molecule has 0 bridgehead atoms. The smallest absolute Gasteiger partial charge is 0.494 e. The van der Waals surface area contributed by atoms with Crippen molar-refractivity contribution < 1.29 is 19.5 Å². The van der Waals surface area contributed by atoms with Gasteiger partial charge in [0.2, 0.25) is 0 Å². The van der Waals surface area contributed by atoms with Crippen molar-refractivity contribution in [3.8, 4) is 0 Å². The summed E-state index contributed by atoms with van der Waals surface area (Å²) in [4.78, 5) is 1.72. The number of hydrogen-bond acceptors (Lipinski definition) is 5. The van der Waals surface area contributed by atoms with Crippen molar-refractivity contribution in [1.82, 2.24) is 4.90 Å². The molecular weight excluding hydrogens is 209 g/mol. The molecule has 2 aliphatic heterocycles. The Hall–Kier alpha value is -1.72. The van der Waals surface area contributed by atoms with Crippen LogP contribution in [0.3, 0.4) is 0 Å². The van der Waals surface area contributed by atoms with Crippen LogP contribution in [0.4, 0.5) is 0 Å². The maximum Gasteiger partial charge on any atom is 0.631 e. The van der Waals surface area contributed by atoms with E-state index in [1.54, 1.807) is 11.8 Å². The molecule has 1 saturated heterocycles. The minimum atomic E-state index is -0.855. The highest BCUT2D eigenvalue weighted by Gasteiger charge is 2.32. The minimum Gasteiger partial charge on any atom is -0.494 e. The van der Waals surface area contributed by atoms with Gasteiger partial charge in [-0.15, -0.1) is 6.58 Å². The van der Waals surface area contributed by atoms with Crippen molar-refractivity contribution in [2.24, 2.45) is 0 Å². The summed E-state index contributed by atoms with van der Waals surface area (Å²) < 4.78 is 10.3. The second-order valence-corrected chi connectivity index (χ2v) is 3.93. The van der Waals surface area contributed by atoms with Gasteiger partial charge in [-0.05, 0) is 25.2 Å². The molecule has 0 atom stereocenters. The van der Waals surface area contributed by atoms with E-state index in [4.69, 9.17) is 9.31 Å². The van der Waals surface area contributed by atoms with Gasteiger partial charge in [0.1, 0.15) is 0 Å². The van der Waals surface area contributed by atoms with Gasteiger partial charge in [0.05, 0.1) is 11.9 Å². The van der Waals surface area contributed by atoms with Crippen LogP contribution < -0.4 is 0 Å². The molecule has 0 unspecified atom stereocenters. The Balaban J connectivity index is 2.31. The number of rotatable bonds is 1. The molecule has 0 aromatic carbocycles. The Bertz CT molecular complexity index is 377. The van der Waals surface area contributed by atoms with Crippen LogP contribution >= 0.6 is 0 Å². The van der Waals surface area contributed by atoms with Crippen LogP contribution in [-0.4, -0.2) is 28.8 Å². The first-order chi connectivity index (χ1) is 7.58. The highest BCUT2D eigenvalue weighted by atomic mass is 16.7. The van der Waals surface area contributed by atoms with Crippen LogP contribution in [0.1, 0.15) is 19.8 Å². The topological polar surface area (TPSA) is 62.2 Å². The average molecular weight is 223 g/mol. The highest BCUT2D eigenvalue weighted by molar-refractivity contribution is 6.53. The summed E-state index contributed by atoms with van der Waals surface area (Å²) >= 11 is 0. The quantitative estimate of drug-likeness (QED) is 0.663. The molecule has 0 aromatic heterocycles. The van der Waals surface area contributed by atoms with Gasteiger partial charge in [-0.2, -0.15) is 0 Å². The zero-order chi connectivity index (χ0) is 11.7. The van der Waals surface area contributed by atoms with Crippen LogP contribution in [-0.2, 0) is 9.31 Å². The molecule has 0 spiro atoms. The third-order valence-electron chi connectivity index (χ3n) is 2.52. The van der Waals surface area contributed by atoms with Crippen LogP contribution in [0.5, 0.6) is 0 Å². The van der Waals surface area contributed by atoms with Gasteiger partial charge in [-0.1, -0.05) is 0 Å². The second kappa shape index (κ2) is 4.04. The molecule has 2 N–H and O–H groups in total. The monoisotopic (exact) mass is 223 g/mol. The van der Waals surface area contributed by atoms with Gasteiger partial charge < -0.3 is 24.4 Å². The molecule has 1 fully saturated rings. The third kappa shape index (κ3) is 1.96. The Morgan fingerprint density at radius 2 is 2.25 bits per heavy atom. The van der Waals surface area contributed by atoms with Crippen molar-refractivity contribution in [3.05, 3.63) is 35.8 Å². The number of aliphatic hydroxyl groups is 2. The molecule has 6 heteroatoms. The standard InChI is InChI=1S/C10H14BNO4/c1-7(2)11-15-9(13)6-12-5-3-4-8(12)10(14)16-11/h6,13-14H,1,3-5H2,2H3/b9-6-,10-8-. The van der Waals surface area contributed by atoms with Crippen molar-refractivity contribution in [2.45, 2.75) is 19.8 Å². The molecule has 2 heterocycles. The summed E-state index contributed by atoms with van der Waals surface area (Å²) in [5.74, 6) is -0.394. The van der Waals surface area contributed by atoms with Crippen molar-refractivity contribution in [3.63, 3.8) is 0 Å². The van der Waals surface area contributed by atoms with E-state index >= 15 is 0 Å². The molecule has 0 saturated carbocycles. The van der Waals surface area contributed by atoms with E-state index in [9.17, 15) is 10.2 Å². The van der Waals surface area contributed by atoms with E-state index in [-0.39, 0.29) is 11.9 Å². The van der Waals surface area contributed by atoms with Crippen molar-refractivity contribution >= 4 is 7.12 Å². The first-order valence-corrected chi connectivity index (χ1v) is 5.16. The zero-order valence-corrected chi connectivity index (χ0v) is 9.14. The lowest BCUT2D eigenvalue weighted by Gasteiger charge is -2.23. The summed E-state index contributed by atoms with van der Waals surface area (Å²) in [5.41, 5.74) is 1.24. The summed E-state index contributed by atoms with van der Waals surface area (Å²) in [5, 5.41) is 19.3. The second-order valence-electron chi connectivity index (χ2n) is 3.93. The molecule has 0 aromatic rings. The Morgan fingerprint density at radius 3 is 2.94 bits per heavy atom. The third-order valence-corrected chi connectivity index (χ3v) is 2.52. The molecule has 0 aliphatic carbocycles. The summed E-state index contributed by atoms with van der Waals surface area (Å²) in [6, 6.07) is 0. The molecule has 2 aliphatic rings. The first kappa shape index (κ1) is 10.8. The van der Waals surface area contributed by atoms with Crippen molar-refractivity contribution in [2.75, 3.05) is 6.54 Å². The number of aliphatic hydroxyl groups excluding tert-OH is 2. The van der Waals surface area contributed by atoms with Gasteiger partial charge in [-0.25, -0.2) is 0 Å². The average Bonchev–Trinajstić information content (AvgIpc) is 2.62. The maximum atomic E-state index is 9.77. The number of fused-ring (bicyclic) bond motifs is 1. The Kier molecular flexibility index (Phi) is 2.72. The predicted molar refractivity (Wildman–Crippen MR) is 59.0 cm³/mol. The van der Waals surface area contributed by atoms with Gasteiger partial charge >= 0.3 is 7.12 Å². The lowest BCUT2D eigenvalue weighted by Crippen LogP contribution is -2.28. The van der Waals surface area contributed by atoms with Crippen LogP contribution in [0.15, 0.2) is 35.8 Å². The summed E-state index contributed by atoms with van der Waals surface area (Å²) in [6.07, 6.45) is 3.08. The fourth-order valence-electron chi connectivity index (χ4n) is 1.74. The molecular formula is C10H14BNO4. The van der Waals surface area contributed by atoms with E-state index in [0.717, 1.165) is 19.4 Å². The van der Waals surface area contributed by atoms with E-state index in [1.807, 2.05) is 0 Å². The number of nitrogens with zero attached hydrogens (tertiary/aromatic N) is 1. The Morgan fingerprint density at radius 1 is 1.50 bits per heavy atom. The normalized spacial score (nSPS) is 28.2. The van der Waals surface area contributed by atoms with Gasteiger partial charge in [0.25, 0.3) is 11.9 Å². The van der Waals surface area contributed by atoms with E-state index in [2.05, 4.69) is 6.58 Å². The minimum absolute atomic E-state index is 0.158. The predicted octanol–water partition coefficient (Wildman–Crippen LogP) is 1.82. The maximum absolute atomic E-state index is 9.77. The van der Waals surface area contributed by atoms with Gasteiger partial charge in [0, 0.05) is 6.54 Å². The lowest BCUT2D eigenvalue weighted by molar-refractivity contribution is 0.117. The molecule has 0 radical (unpaired) electrons. The lowest BCUT2D eigenvalue weighted by atomic mass is 9.80. The highest BCUT2D eigenvalue weighted by Crippen LogP contribution is 2.27. The van der Waals surface area contributed by atoms with Crippen LogP contribution in [0, 0.1) is 0 Å². The molecule has 0 amide bonds. The van der Waals surface area contributed by atoms with Gasteiger partial charge in [0.15, 0.2) is 0 Å². The molecule has 2 rings (SSSR count). The fraction of sp³-hybridized carbons (Fsp3) is 0.400. The first-order valence-electron chi connectivity index (χ1n) is 5.16. The largest absolute Gasteiger partial charge is 0.631 e. The molecule has 16 heavy (non-hydrogen) atoms. The van der Waals surface area contributed by atoms with Crippen LogP contribution in [0.2, 0.25) is 0 Å². The number of hydrogen-bond donors (Lipinski definition) is 2. The van der Waals surface area contributed by atoms with E-state index < -0.39 is 7.12 Å². The SMILES string of the molecule is C=C(C)B1O/C(O)=C\N2CCC/C2=C(\O)O1. The Labute approximate surface area is 94.4 Å². The summed E-state index contributed by atoms with van der Waals surface area (Å²) in [6.45, 7) is 6.10. The summed E-state index contributed by atoms with van der Waals surface area (Å²) in [7, 11) is -0.855. The fourth-order valence-corrected chi connectivity index (χ4v) is 1.74. The van der Waals surface area contributed by atoms with E-state index in [1.165, 1.54) is 6.20 Å². The molecule has 5 nitrogen and oxygen atoms in total. The van der Waals surface area contributed by atoms with Crippen LogP contribution in [0.25, 0.3) is 0 Å².